The highest BCUT2D eigenvalue weighted by molar-refractivity contribution is 6.29. The van der Waals surface area contributed by atoms with Crippen LogP contribution in [-0.2, 0) is 0 Å². The molecule has 0 spiro atoms. The van der Waals surface area contributed by atoms with Gasteiger partial charge in [0.2, 0.25) is 0 Å². The summed E-state index contributed by atoms with van der Waals surface area (Å²) in [6.45, 7) is 1.93. The highest BCUT2D eigenvalue weighted by atomic mass is 16.1. The van der Waals surface area contributed by atoms with E-state index in [9.17, 15) is 9.59 Å². The summed E-state index contributed by atoms with van der Waals surface area (Å²) in [5, 5.41) is 4.21. The Balaban J connectivity index is 1.83. The zero-order valence-electron chi connectivity index (χ0n) is 13.7. The number of aryl methyl sites for hydroxylation is 1. The van der Waals surface area contributed by atoms with Crippen molar-refractivity contribution in [3.05, 3.63) is 94.5 Å². The van der Waals surface area contributed by atoms with E-state index in [1.54, 1.807) is 6.07 Å². The highest BCUT2D eigenvalue weighted by Crippen LogP contribution is 2.32. The molecule has 0 N–H and O–H groups in total. The predicted molar refractivity (Wildman–Crippen MR) is 99.5 cm³/mol. The molecule has 0 fully saturated rings. The van der Waals surface area contributed by atoms with E-state index in [0.29, 0.717) is 22.3 Å². The van der Waals surface area contributed by atoms with Crippen LogP contribution in [0.5, 0.6) is 0 Å². The molecule has 0 heterocycles. The molecule has 25 heavy (non-hydrogen) atoms. The van der Waals surface area contributed by atoms with Gasteiger partial charge in [0, 0.05) is 22.3 Å². The standard InChI is InChI=1S/C23H14O2/c1-13-6-7-18-19(8-13)23(25)21-12-17-10-15-5-3-2-4-14(15)9-16(17)11-20(21)22(18)24/h2-12H,1H3. The molecule has 0 bridgehead atoms. The molecule has 0 radical (unpaired) electrons. The molecule has 2 heteroatoms. The second kappa shape index (κ2) is 4.87. The van der Waals surface area contributed by atoms with E-state index in [0.717, 1.165) is 27.1 Å². The van der Waals surface area contributed by atoms with E-state index in [1.807, 2.05) is 43.3 Å². The molecular formula is C23H14O2. The van der Waals surface area contributed by atoms with E-state index in [1.165, 1.54) is 0 Å². The first-order valence-electron chi connectivity index (χ1n) is 8.28. The molecule has 0 aromatic heterocycles. The Kier molecular flexibility index (Phi) is 2.75. The first-order chi connectivity index (χ1) is 12.1. The summed E-state index contributed by atoms with van der Waals surface area (Å²) in [7, 11) is 0. The van der Waals surface area contributed by atoms with Gasteiger partial charge in [-0.05, 0) is 58.8 Å². The zero-order valence-corrected chi connectivity index (χ0v) is 13.7. The molecule has 0 atom stereocenters. The number of hydrogen-bond donors (Lipinski definition) is 0. The normalized spacial score (nSPS) is 13.2. The smallest absolute Gasteiger partial charge is 0.194 e. The zero-order chi connectivity index (χ0) is 17.1. The largest absolute Gasteiger partial charge is 0.289 e. The number of ketones is 2. The van der Waals surface area contributed by atoms with Crippen LogP contribution in [0.4, 0.5) is 0 Å². The average molecular weight is 322 g/mol. The van der Waals surface area contributed by atoms with Gasteiger partial charge in [-0.2, -0.15) is 0 Å². The van der Waals surface area contributed by atoms with Crippen LogP contribution < -0.4 is 0 Å². The average Bonchev–Trinajstić information content (AvgIpc) is 2.63. The Hall–Kier alpha value is -3.26. The summed E-state index contributed by atoms with van der Waals surface area (Å²) in [6.07, 6.45) is 0. The van der Waals surface area contributed by atoms with E-state index in [-0.39, 0.29) is 11.6 Å². The minimum atomic E-state index is -0.0698. The van der Waals surface area contributed by atoms with Gasteiger partial charge in [-0.1, -0.05) is 42.0 Å². The molecule has 1 aliphatic carbocycles. The maximum Gasteiger partial charge on any atom is 0.194 e. The highest BCUT2D eigenvalue weighted by Gasteiger charge is 2.29. The first-order valence-corrected chi connectivity index (χ1v) is 8.28. The fourth-order valence-corrected chi connectivity index (χ4v) is 3.70. The molecule has 0 aliphatic heterocycles. The first kappa shape index (κ1) is 14.1. The van der Waals surface area contributed by atoms with Gasteiger partial charge >= 0.3 is 0 Å². The third-order valence-corrected chi connectivity index (χ3v) is 4.99. The van der Waals surface area contributed by atoms with Crippen molar-refractivity contribution in [3.8, 4) is 0 Å². The van der Waals surface area contributed by atoms with Gasteiger partial charge in [-0.25, -0.2) is 0 Å². The van der Waals surface area contributed by atoms with E-state index in [4.69, 9.17) is 0 Å². The van der Waals surface area contributed by atoms with Crippen molar-refractivity contribution < 1.29 is 9.59 Å². The molecule has 2 nitrogen and oxygen atoms in total. The molecule has 1 aliphatic rings. The monoisotopic (exact) mass is 322 g/mol. The lowest BCUT2D eigenvalue weighted by atomic mass is 9.82. The van der Waals surface area contributed by atoms with Crippen LogP contribution in [0.3, 0.4) is 0 Å². The van der Waals surface area contributed by atoms with Crippen LogP contribution in [-0.4, -0.2) is 11.6 Å². The summed E-state index contributed by atoms with van der Waals surface area (Å²) in [6, 6.07) is 21.4. The van der Waals surface area contributed by atoms with Gasteiger partial charge in [-0.3, -0.25) is 9.59 Å². The van der Waals surface area contributed by atoms with Crippen LogP contribution in [0.2, 0.25) is 0 Å². The molecular weight excluding hydrogens is 308 g/mol. The summed E-state index contributed by atoms with van der Waals surface area (Å²) < 4.78 is 0. The number of hydrogen-bond acceptors (Lipinski definition) is 2. The fraction of sp³-hybridized carbons (Fsp3) is 0.0435. The second-order valence-corrected chi connectivity index (χ2v) is 6.65. The fourth-order valence-electron chi connectivity index (χ4n) is 3.70. The Labute approximate surface area is 144 Å². The minimum absolute atomic E-state index is 0.0663. The van der Waals surface area contributed by atoms with Gasteiger partial charge in [0.15, 0.2) is 11.6 Å². The molecule has 0 amide bonds. The van der Waals surface area contributed by atoms with Crippen molar-refractivity contribution in [3.63, 3.8) is 0 Å². The van der Waals surface area contributed by atoms with Crippen LogP contribution >= 0.6 is 0 Å². The van der Waals surface area contributed by atoms with Crippen molar-refractivity contribution in [2.45, 2.75) is 6.92 Å². The van der Waals surface area contributed by atoms with Crippen molar-refractivity contribution >= 4 is 33.1 Å². The predicted octanol–water partition coefficient (Wildman–Crippen LogP) is 5.08. The topological polar surface area (TPSA) is 34.1 Å². The summed E-state index contributed by atoms with van der Waals surface area (Å²) in [4.78, 5) is 25.9. The third-order valence-electron chi connectivity index (χ3n) is 4.99. The molecule has 5 rings (SSSR count). The third kappa shape index (κ3) is 1.97. The van der Waals surface area contributed by atoms with Gasteiger partial charge in [0.1, 0.15) is 0 Å². The van der Waals surface area contributed by atoms with Gasteiger partial charge in [0.05, 0.1) is 0 Å². The molecule has 118 valence electrons. The second-order valence-electron chi connectivity index (χ2n) is 6.65. The lowest BCUT2D eigenvalue weighted by Crippen LogP contribution is -2.21. The van der Waals surface area contributed by atoms with Crippen molar-refractivity contribution in [2.75, 3.05) is 0 Å². The van der Waals surface area contributed by atoms with Crippen LogP contribution in [0, 0.1) is 6.92 Å². The number of fused-ring (bicyclic) bond motifs is 4. The van der Waals surface area contributed by atoms with Gasteiger partial charge in [-0.15, -0.1) is 0 Å². The van der Waals surface area contributed by atoms with E-state index in [2.05, 4.69) is 24.3 Å². The minimum Gasteiger partial charge on any atom is -0.289 e. The maximum atomic E-state index is 13.0. The summed E-state index contributed by atoms with van der Waals surface area (Å²) in [5.41, 5.74) is 3.01. The number of carbonyl (C=O) groups excluding carboxylic acids is 2. The Morgan fingerprint density at radius 2 is 1.04 bits per heavy atom. The summed E-state index contributed by atoms with van der Waals surface area (Å²) >= 11 is 0. The quantitative estimate of drug-likeness (QED) is 0.373. The number of carbonyl (C=O) groups is 2. The lowest BCUT2D eigenvalue weighted by Gasteiger charge is -2.19. The van der Waals surface area contributed by atoms with Crippen molar-refractivity contribution in [1.82, 2.24) is 0 Å². The van der Waals surface area contributed by atoms with E-state index >= 15 is 0 Å². The molecule has 4 aromatic carbocycles. The van der Waals surface area contributed by atoms with E-state index < -0.39 is 0 Å². The Bertz CT molecular complexity index is 1230. The van der Waals surface area contributed by atoms with Crippen LogP contribution in [0.25, 0.3) is 21.5 Å². The Morgan fingerprint density at radius 3 is 1.64 bits per heavy atom. The lowest BCUT2D eigenvalue weighted by molar-refractivity contribution is 0.0979. The van der Waals surface area contributed by atoms with Crippen molar-refractivity contribution in [1.29, 1.82) is 0 Å². The number of rotatable bonds is 0. The molecule has 0 saturated carbocycles. The Morgan fingerprint density at radius 1 is 0.520 bits per heavy atom. The maximum absolute atomic E-state index is 13.0. The van der Waals surface area contributed by atoms with Crippen LogP contribution in [0.15, 0.2) is 66.7 Å². The number of benzene rings is 4. The summed E-state index contributed by atoms with van der Waals surface area (Å²) in [5.74, 6) is -0.136. The van der Waals surface area contributed by atoms with Crippen molar-refractivity contribution in [2.24, 2.45) is 0 Å². The van der Waals surface area contributed by atoms with Crippen LogP contribution in [0.1, 0.15) is 37.4 Å². The van der Waals surface area contributed by atoms with Gasteiger partial charge in [0.25, 0.3) is 0 Å². The SMILES string of the molecule is Cc1ccc2c(c1)C(=O)c1cc3cc4ccccc4cc3cc1C2=O. The van der Waals surface area contributed by atoms with Gasteiger partial charge < -0.3 is 0 Å². The molecule has 4 aromatic rings. The molecule has 0 saturated heterocycles. The molecule has 0 unspecified atom stereocenters.